The number of nitrogens with one attached hydrogen (secondary N) is 3. The van der Waals surface area contributed by atoms with E-state index < -0.39 is 0 Å². The molecule has 2 aliphatic rings. The van der Waals surface area contributed by atoms with E-state index in [1.807, 2.05) is 30.0 Å². The first kappa shape index (κ1) is 19.0. The Morgan fingerprint density at radius 3 is 2.61 bits per heavy atom. The predicted molar refractivity (Wildman–Crippen MR) is 109 cm³/mol. The van der Waals surface area contributed by atoms with Gasteiger partial charge in [0.1, 0.15) is 11.4 Å². The fourth-order valence-corrected chi connectivity index (χ4v) is 4.97. The molecule has 3 heterocycles. The summed E-state index contributed by atoms with van der Waals surface area (Å²) in [7, 11) is 0. The monoisotopic (exact) mass is 399 g/mol. The summed E-state index contributed by atoms with van der Waals surface area (Å²) in [6.45, 7) is 0. The summed E-state index contributed by atoms with van der Waals surface area (Å²) in [5.41, 5.74) is 1.81. The number of carbonyl (C=O) groups excluding carboxylic acids is 2. The molecule has 2 aromatic heterocycles. The molecule has 8 heteroatoms. The SMILES string of the molecule is O=C(NC1CCC(C(=O)NC2CCSC2)CC1)c1cc(-c2ccccn2)n[nH]1. The van der Waals surface area contributed by atoms with E-state index in [0.717, 1.165) is 49.3 Å². The van der Waals surface area contributed by atoms with Crippen molar-refractivity contribution in [1.82, 2.24) is 25.8 Å². The highest BCUT2D eigenvalue weighted by atomic mass is 32.2. The molecule has 2 aromatic rings. The zero-order chi connectivity index (χ0) is 19.3. The topological polar surface area (TPSA) is 99.8 Å². The molecule has 0 bridgehead atoms. The van der Waals surface area contributed by atoms with Crippen LogP contribution in [0.5, 0.6) is 0 Å². The van der Waals surface area contributed by atoms with E-state index in [4.69, 9.17) is 0 Å². The molecule has 4 rings (SSSR count). The average molecular weight is 400 g/mol. The molecule has 1 aliphatic heterocycles. The fraction of sp³-hybridized carbons (Fsp3) is 0.500. The standard InChI is InChI=1S/C20H25N5O2S/c26-19(23-15-8-10-28-12-15)13-4-6-14(7-5-13)22-20(27)18-11-17(24-25-18)16-3-1-2-9-21-16/h1-3,9,11,13-15H,4-8,10,12H2,(H,22,27)(H,23,26)(H,24,25). The van der Waals surface area contributed by atoms with Gasteiger partial charge in [0.05, 0.1) is 5.69 Å². The van der Waals surface area contributed by atoms with Crippen LogP contribution < -0.4 is 10.6 Å². The Hall–Kier alpha value is -2.35. The number of thioether (sulfide) groups is 1. The van der Waals surface area contributed by atoms with Crippen molar-refractivity contribution in [3.63, 3.8) is 0 Å². The molecule has 1 unspecified atom stereocenters. The van der Waals surface area contributed by atoms with Crippen molar-refractivity contribution >= 4 is 23.6 Å². The maximum Gasteiger partial charge on any atom is 0.269 e. The third kappa shape index (κ3) is 4.55. The highest BCUT2D eigenvalue weighted by molar-refractivity contribution is 7.99. The summed E-state index contributed by atoms with van der Waals surface area (Å²) in [4.78, 5) is 29.2. The molecule has 1 atom stereocenters. The normalized spacial score (nSPS) is 24.6. The molecule has 0 spiro atoms. The molecule has 1 aliphatic carbocycles. The number of nitrogens with zero attached hydrogens (tertiary/aromatic N) is 2. The zero-order valence-corrected chi connectivity index (χ0v) is 16.5. The minimum absolute atomic E-state index is 0.0710. The molecule has 3 N–H and O–H groups in total. The van der Waals surface area contributed by atoms with E-state index in [1.54, 1.807) is 12.3 Å². The number of pyridine rings is 1. The maximum absolute atomic E-state index is 12.5. The van der Waals surface area contributed by atoms with Gasteiger partial charge < -0.3 is 10.6 Å². The first-order valence-electron chi connectivity index (χ1n) is 9.85. The van der Waals surface area contributed by atoms with Gasteiger partial charge in [0, 0.05) is 30.0 Å². The number of H-pyrrole nitrogens is 1. The minimum Gasteiger partial charge on any atom is -0.352 e. The zero-order valence-electron chi connectivity index (χ0n) is 15.7. The smallest absolute Gasteiger partial charge is 0.269 e. The van der Waals surface area contributed by atoms with Gasteiger partial charge >= 0.3 is 0 Å². The number of carbonyl (C=O) groups is 2. The highest BCUT2D eigenvalue weighted by Gasteiger charge is 2.29. The van der Waals surface area contributed by atoms with Gasteiger partial charge in [-0.3, -0.25) is 19.7 Å². The molecule has 28 heavy (non-hydrogen) atoms. The lowest BCUT2D eigenvalue weighted by Crippen LogP contribution is -2.43. The van der Waals surface area contributed by atoms with Crippen LogP contribution >= 0.6 is 11.8 Å². The van der Waals surface area contributed by atoms with Gasteiger partial charge in [-0.05, 0) is 56.1 Å². The second kappa shape index (κ2) is 8.77. The lowest BCUT2D eigenvalue weighted by molar-refractivity contribution is -0.126. The van der Waals surface area contributed by atoms with Crippen molar-refractivity contribution in [2.45, 2.75) is 44.2 Å². The number of aromatic amines is 1. The van der Waals surface area contributed by atoms with Crippen molar-refractivity contribution in [1.29, 1.82) is 0 Å². The summed E-state index contributed by atoms with van der Waals surface area (Å²) in [6.07, 6.45) is 6.06. The van der Waals surface area contributed by atoms with Crippen molar-refractivity contribution in [3.8, 4) is 11.4 Å². The third-order valence-corrected chi connectivity index (χ3v) is 6.62. The third-order valence-electron chi connectivity index (χ3n) is 5.46. The average Bonchev–Trinajstić information content (AvgIpc) is 3.41. The highest BCUT2D eigenvalue weighted by Crippen LogP contribution is 2.26. The van der Waals surface area contributed by atoms with E-state index in [2.05, 4.69) is 25.8 Å². The van der Waals surface area contributed by atoms with Crippen molar-refractivity contribution in [2.24, 2.45) is 5.92 Å². The second-order valence-corrected chi connectivity index (χ2v) is 8.62. The summed E-state index contributed by atoms with van der Waals surface area (Å²) in [5, 5.41) is 13.2. The maximum atomic E-state index is 12.5. The van der Waals surface area contributed by atoms with Crippen LogP contribution in [0.25, 0.3) is 11.4 Å². The van der Waals surface area contributed by atoms with Crippen LogP contribution in [-0.2, 0) is 4.79 Å². The van der Waals surface area contributed by atoms with Gasteiger partial charge in [-0.25, -0.2) is 0 Å². The fourth-order valence-electron chi connectivity index (χ4n) is 3.81. The van der Waals surface area contributed by atoms with Gasteiger partial charge in [-0.2, -0.15) is 16.9 Å². The number of amides is 2. The summed E-state index contributed by atoms with van der Waals surface area (Å²) < 4.78 is 0. The lowest BCUT2D eigenvalue weighted by atomic mass is 9.85. The van der Waals surface area contributed by atoms with Gasteiger partial charge in [0.15, 0.2) is 0 Å². The second-order valence-electron chi connectivity index (χ2n) is 7.47. The predicted octanol–water partition coefficient (Wildman–Crippen LogP) is 2.38. The van der Waals surface area contributed by atoms with Gasteiger partial charge in [-0.1, -0.05) is 6.07 Å². The number of rotatable bonds is 5. The summed E-state index contributed by atoms with van der Waals surface area (Å²) in [6, 6.07) is 7.73. The Bertz CT molecular complexity index is 811. The molecular weight excluding hydrogens is 374 g/mol. The molecule has 1 saturated heterocycles. The molecule has 0 aromatic carbocycles. The van der Waals surface area contributed by atoms with Crippen LogP contribution in [-0.4, -0.2) is 50.6 Å². The largest absolute Gasteiger partial charge is 0.352 e. The van der Waals surface area contributed by atoms with Gasteiger partial charge in [0.25, 0.3) is 5.91 Å². The number of hydrogen-bond donors (Lipinski definition) is 3. The molecular formula is C20H25N5O2S. The van der Waals surface area contributed by atoms with E-state index >= 15 is 0 Å². The Balaban J connectivity index is 1.26. The van der Waals surface area contributed by atoms with E-state index in [9.17, 15) is 9.59 Å². The summed E-state index contributed by atoms with van der Waals surface area (Å²) >= 11 is 1.90. The van der Waals surface area contributed by atoms with Crippen molar-refractivity contribution in [3.05, 3.63) is 36.2 Å². The lowest BCUT2D eigenvalue weighted by Gasteiger charge is -2.29. The van der Waals surface area contributed by atoms with Crippen LogP contribution in [0.3, 0.4) is 0 Å². The number of aromatic nitrogens is 3. The van der Waals surface area contributed by atoms with Gasteiger partial charge in [0.2, 0.25) is 5.91 Å². The molecule has 7 nitrogen and oxygen atoms in total. The first-order chi connectivity index (χ1) is 13.7. The van der Waals surface area contributed by atoms with Crippen LogP contribution in [0.2, 0.25) is 0 Å². The van der Waals surface area contributed by atoms with Crippen LogP contribution in [0.1, 0.15) is 42.6 Å². The van der Waals surface area contributed by atoms with Crippen LogP contribution in [0.4, 0.5) is 0 Å². The Morgan fingerprint density at radius 2 is 1.89 bits per heavy atom. The molecule has 1 saturated carbocycles. The van der Waals surface area contributed by atoms with Crippen molar-refractivity contribution < 1.29 is 9.59 Å². The number of hydrogen-bond acceptors (Lipinski definition) is 5. The van der Waals surface area contributed by atoms with E-state index in [0.29, 0.717) is 17.4 Å². The minimum atomic E-state index is -0.162. The quantitative estimate of drug-likeness (QED) is 0.717. The molecule has 2 amide bonds. The van der Waals surface area contributed by atoms with Gasteiger partial charge in [-0.15, -0.1) is 0 Å². The Labute approximate surface area is 168 Å². The first-order valence-corrected chi connectivity index (χ1v) is 11.0. The van der Waals surface area contributed by atoms with Crippen molar-refractivity contribution in [2.75, 3.05) is 11.5 Å². The Morgan fingerprint density at radius 1 is 1.04 bits per heavy atom. The van der Waals surface area contributed by atoms with E-state index in [-0.39, 0.29) is 23.8 Å². The van der Waals surface area contributed by atoms with E-state index in [1.165, 1.54) is 0 Å². The Kier molecular flexibility index (Phi) is 5.95. The molecule has 2 fully saturated rings. The van der Waals surface area contributed by atoms with Crippen LogP contribution in [0, 0.1) is 5.92 Å². The molecule has 0 radical (unpaired) electrons. The van der Waals surface area contributed by atoms with Crippen LogP contribution in [0.15, 0.2) is 30.5 Å². The summed E-state index contributed by atoms with van der Waals surface area (Å²) in [5.74, 6) is 2.26. The molecule has 148 valence electrons.